The monoisotopic (exact) mass is 345 g/mol. The van der Waals surface area contributed by atoms with Gasteiger partial charge in [-0.05, 0) is 30.2 Å². The SMILES string of the molecule is CC1C=CC(c2nc(-c3ccccc3)nc(-c3ccc(Cl)cc3)n2)=C1. The van der Waals surface area contributed by atoms with E-state index >= 15 is 0 Å². The number of halogens is 1. The van der Waals surface area contributed by atoms with Crippen molar-refractivity contribution in [2.45, 2.75) is 6.92 Å². The third kappa shape index (κ3) is 3.37. The molecule has 0 bridgehead atoms. The van der Waals surface area contributed by atoms with Gasteiger partial charge in [-0.2, -0.15) is 0 Å². The van der Waals surface area contributed by atoms with Gasteiger partial charge in [-0.3, -0.25) is 0 Å². The summed E-state index contributed by atoms with van der Waals surface area (Å²) in [6.45, 7) is 2.14. The zero-order valence-electron chi connectivity index (χ0n) is 13.7. The molecule has 122 valence electrons. The van der Waals surface area contributed by atoms with E-state index in [1.807, 2.05) is 54.6 Å². The van der Waals surface area contributed by atoms with E-state index in [2.05, 4.69) is 30.1 Å². The number of hydrogen-bond acceptors (Lipinski definition) is 3. The molecule has 3 aromatic rings. The van der Waals surface area contributed by atoms with Crippen molar-refractivity contribution in [1.29, 1.82) is 0 Å². The van der Waals surface area contributed by atoms with Crippen molar-refractivity contribution in [2.75, 3.05) is 0 Å². The predicted octanol–water partition coefficient (Wildman–Crippen LogP) is 5.45. The third-order valence-electron chi connectivity index (χ3n) is 4.05. The number of aromatic nitrogens is 3. The molecule has 1 aliphatic carbocycles. The molecule has 0 spiro atoms. The smallest absolute Gasteiger partial charge is 0.164 e. The Balaban J connectivity index is 1.87. The number of benzene rings is 2. The molecule has 1 atom stereocenters. The van der Waals surface area contributed by atoms with Crippen LogP contribution < -0.4 is 0 Å². The Bertz CT molecular complexity index is 960. The molecular weight excluding hydrogens is 330 g/mol. The van der Waals surface area contributed by atoms with Crippen LogP contribution in [0.5, 0.6) is 0 Å². The van der Waals surface area contributed by atoms with Gasteiger partial charge in [-0.15, -0.1) is 0 Å². The summed E-state index contributed by atoms with van der Waals surface area (Å²) in [5, 5.41) is 0.691. The van der Waals surface area contributed by atoms with Crippen LogP contribution in [0.1, 0.15) is 12.7 Å². The molecule has 3 nitrogen and oxygen atoms in total. The maximum atomic E-state index is 6.01. The van der Waals surface area contributed by atoms with Crippen LogP contribution in [0.2, 0.25) is 5.02 Å². The fourth-order valence-corrected chi connectivity index (χ4v) is 2.87. The summed E-state index contributed by atoms with van der Waals surface area (Å²) >= 11 is 6.01. The van der Waals surface area contributed by atoms with Gasteiger partial charge in [0.25, 0.3) is 0 Å². The van der Waals surface area contributed by atoms with Gasteiger partial charge in [0.1, 0.15) is 0 Å². The van der Waals surface area contributed by atoms with Gasteiger partial charge in [0.05, 0.1) is 0 Å². The van der Waals surface area contributed by atoms with Crippen LogP contribution in [-0.4, -0.2) is 15.0 Å². The van der Waals surface area contributed by atoms with Crippen molar-refractivity contribution in [3.05, 3.63) is 83.7 Å². The number of allylic oxidation sites excluding steroid dienone is 4. The summed E-state index contributed by atoms with van der Waals surface area (Å²) in [5.74, 6) is 2.41. The van der Waals surface area contributed by atoms with E-state index in [4.69, 9.17) is 21.6 Å². The molecule has 1 aromatic heterocycles. The minimum Gasteiger partial charge on any atom is -0.208 e. The second kappa shape index (κ2) is 6.61. The molecule has 0 saturated carbocycles. The summed E-state index contributed by atoms with van der Waals surface area (Å²) in [6.07, 6.45) is 6.37. The van der Waals surface area contributed by atoms with Gasteiger partial charge in [-0.25, -0.2) is 15.0 Å². The fourth-order valence-electron chi connectivity index (χ4n) is 2.75. The first kappa shape index (κ1) is 15.7. The molecule has 4 heteroatoms. The molecule has 0 amide bonds. The van der Waals surface area contributed by atoms with E-state index in [1.54, 1.807) is 0 Å². The van der Waals surface area contributed by atoms with Crippen LogP contribution in [-0.2, 0) is 0 Å². The minimum atomic E-state index is 0.394. The molecule has 4 rings (SSSR count). The molecule has 1 heterocycles. The third-order valence-corrected chi connectivity index (χ3v) is 4.30. The van der Waals surface area contributed by atoms with Crippen molar-refractivity contribution >= 4 is 17.2 Å². The van der Waals surface area contributed by atoms with E-state index in [-0.39, 0.29) is 0 Å². The van der Waals surface area contributed by atoms with Crippen LogP contribution >= 0.6 is 11.6 Å². The summed E-state index contributed by atoms with van der Waals surface area (Å²) in [5.41, 5.74) is 2.92. The predicted molar refractivity (Wildman–Crippen MR) is 102 cm³/mol. The van der Waals surface area contributed by atoms with E-state index in [1.165, 1.54) is 0 Å². The molecule has 1 unspecified atom stereocenters. The van der Waals surface area contributed by atoms with Crippen LogP contribution in [0.3, 0.4) is 0 Å². The highest BCUT2D eigenvalue weighted by atomic mass is 35.5. The zero-order valence-corrected chi connectivity index (χ0v) is 14.5. The van der Waals surface area contributed by atoms with Gasteiger partial charge in [0, 0.05) is 21.7 Å². The largest absolute Gasteiger partial charge is 0.208 e. The first-order valence-electron chi connectivity index (χ1n) is 8.17. The van der Waals surface area contributed by atoms with Crippen molar-refractivity contribution < 1.29 is 0 Å². The highest BCUT2D eigenvalue weighted by Crippen LogP contribution is 2.27. The minimum absolute atomic E-state index is 0.394. The quantitative estimate of drug-likeness (QED) is 0.633. The van der Waals surface area contributed by atoms with Gasteiger partial charge in [-0.1, -0.05) is 67.1 Å². The average Bonchev–Trinajstić information content (AvgIpc) is 3.09. The Morgan fingerprint density at radius 2 is 1.36 bits per heavy atom. The highest BCUT2D eigenvalue weighted by Gasteiger charge is 2.15. The first-order chi connectivity index (χ1) is 12.2. The number of rotatable bonds is 3. The normalized spacial score (nSPS) is 16.1. The van der Waals surface area contributed by atoms with Crippen molar-refractivity contribution in [1.82, 2.24) is 15.0 Å². The van der Waals surface area contributed by atoms with Crippen LogP contribution in [0.15, 0.2) is 72.8 Å². The van der Waals surface area contributed by atoms with Gasteiger partial charge in [0.2, 0.25) is 0 Å². The summed E-state index contributed by atoms with van der Waals surface area (Å²) < 4.78 is 0. The Kier molecular flexibility index (Phi) is 4.16. The second-order valence-electron chi connectivity index (χ2n) is 6.02. The molecular formula is C21H16ClN3. The average molecular weight is 346 g/mol. The summed E-state index contributed by atoms with van der Waals surface area (Å²) in [7, 11) is 0. The molecule has 0 aliphatic heterocycles. The molecule has 0 N–H and O–H groups in total. The van der Waals surface area contributed by atoms with Crippen LogP contribution in [0.25, 0.3) is 28.3 Å². The summed E-state index contributed by atoms with van der Waals surface area (Å²) in [4.78, 5) is 14.1. The maximum Gasteiger partial charge on any atom is 0.164 e. The van der Waals surface area contributed by atoms with Crippen LogP contribution in [0, 0.1) is 5.92 Å². The zero-order chi connectivity index (χ0) is 17.2. The van der Waals surface area contributed by atoms with Gasteiger partial charge >= 0.3 is 0 Å². The summed E-state index contributed by atoms with van der Waals surface area (Å²) in [6, 6.07) is 17.5. The molecule has 1 aliphatic rings. The number of hydrogen-bond donors (Lipinski definition) is 0. The Labute approximate surface area is 151 Å². The van der Waals surface area contributed by atoms with E-state index in [0.29, 0.717) is 28.4 Å². The number of nitrogens with zero attached hydrogens (tertiary/aromatic N) is 3. The van der Waals surface area contributed by atoms with Gasteiger partial charge < -0.3 is 0 Å². The van der Waals surface area contributed by atoms with E-state index in [0.717, 1.165) is 16.7 Å². The first-order valence-corrected chi connectivity index (χ1v) is 8.55. The molecule has 2 aromatic carbocycles. The van der Waals surface area contributed by atoms with Crippen LogP contribution in [0.4, 0.5) is 0 Å². The van der Waals surface area contributed by atoms with E-state index in [9.17, 15) is 0 Å². The molecule has 25 heavy (non-hydrogen) atoms. The van der Waals surface area contributed by atoms with Gasteiger partial charge in [0.15, 0.2) is 17.5 Å². The lowest BCUT2D eigenvalue weighted by molar-refractivity contribution is 0.957. The standard InChI is InChI=1S/C21H16ClN3/c1-14-7-8-17(13-14)21-24-19(15-5-3-2-4-6-15)23-20(25-21)16-9-11-18(22)12-10-16/h2-14H,1H3. The Morgan fingerprint density at radius 3 is 1.96 bits per heavy atom. The molecule has 0 fully saturated rings. The van der Waals surface area contributed by atoms with Crippen molar-refractivity contribution in [3.63, 3.8) is 0 Å². The van der Waals surface area contributed by atoms with Crippen molar-refractivity contribution in [2.24, 2.45) is 5.92 Å². The lowest BCUT2D eigenvalue weighted by Crippen LogP contribution is -2.01. The lowest BCUT2D eigenvalue weighted by atomic mass is 10.1. The Morgan fingerprint density at radius 1 is 0.760 bits per heavy atom. The maximum absolute atomic E-state index is 6.01. The topological polar surface area (TPSA) is 38.7 Å². The molecule has 0 radical (unpaired) electrons. The fraction of sp³-hybridized carbons (Fsp3) is 0.0952. The lowest BCUT2D eigenvalue weighted by Gasteiger charge is -2.08. The van der Waals surface area contributed by atoms with Crippen molar-refractivity contribution in [3.8, 4) is 22.8 Å². The van der Waals surface area contributed by atoms with E-state index < -0.39 is 0 Å². The second-order valence-corrected chi connectivity index (χ2v) is 6.46. The Hall–Kier alpha value is -2.78. The molecule has 0 saturated heterocycles. The highest BCUT2D eigenvalue weighted by molar-refractivity contribution is 6.30.